The molecule has 6 nitrogen and oxygen atoms in total. The van der Waals surface area contributed by atoms with Crippen molar-refractivity contribution in [1.29, 1.82) is 0 Å². The lowest BCUT2D eigenvalue weighted by molar-refractivity contribution is 0.174. The van der Waals surface area contributed by atoms with E-state index in [2.05, 4.69) is 9.71 Å². The van der Waals surface area contributed by atoms with Crippen LogP contribution in [0.25, 0.3) is 0 Å². The number of methoxy groups -OCH3 is 1. The summed E-state index contributed by atoms with van der Waals surface area (Å²) in [5.74, 6) is 0. The van der Waals surface area contributed by atoms with Crippen molar-refractivity contribution >= 4 is 21.5 Å². The predicted octanol–water partition coefficient (Wildman–Crippen LogP) is 0.371. The first-order valence-corrected chi connectivity index (χ1v) is 7.61. The highest BCUT2D eigenvalue weighted by molar-refractivity contribution is 7.87. The van der Waals surface area contributed by atoms with Crippen LogP contribution in [0.4, 0.5) is 0 Å². The van der Waals surface area contributed by atoms with E-state index in [1.165, 1.54) is 15.6 Å². The van der Waals surface area contributed by atoms with Crippen LogP contribution < -0.4 is 4.72 Å². The minimum atomic E-state index is -3.40. The van der Waals surface area contributed by atoms with E-state index in [4.69, 9.17) is 4.74 Å². The summed E-state index contributed by atoms with van der Waals surface area (Å²) in [5, 5.41) is 2.67. The second kappa shape index (κ2) is 5.40. The van der Waals surface area contributed by atoms with E-state index >= 15 is 0 Å². The number of ether oxygens (including phenoxy) is 1. The molecule has 1 aromatic heterocycles. The van der Waals surface area contributed by atoms with Gasteiger partial charge in [-0.1, -0.05) is 0 Å². The number of nitrogens with one attached hydrogen (secondary N) is 1. The summed E-state index contributed by atoms with van der Waals surface area (Å²) in [6, 6.07) is -0.196. The molecule has 0 bridgehead atoms. The maximum absolute atomic E-state index is 11.9. The van der Waals surface area contributed by atoms with Gasteiger partial charge in [0.1, 0.15) is 5.01 Å². The molecule has 1 atom stereocenters. The van der Waals surface area contributed by atoms with Crippen molar-refractivity contribution in [1.82, 2.24) is 14.0 Å². The van der Waals surface area contributed by atoms with E-state index in [1.807, 2.05) is 5.38 Å². The van der Waals surface area contributed by atoms with Crippen LogP contribution in [0.2, 0.25) is 0 Å². The molecule has 0 aliphatic carbocycles. The number of thiazole rings is 1. The van der Waals surface area contributed by atoms with Crippen LogP contribution in [0.5, 0.6) is 0 Å². The van der Waals surface area contributed by atoms with Gasteiger partial charge in [0, 0.05) is 31.8 Å². The zero-order valence-corrected chi connectivity index (χ0v) is 11.1. The molecule has 0 amide bonds. The van der Waals surface area contributed by atoms with E-state index in [-0.39, 0.29) is 6.04 Å². The molecule has 1 aliphatic rings. The monoisotopic (exact) mass is 277 g/mol. The number of aromatic nitrogens is 1. The fourth-order valence-corrected chi connectivity index (χ4v) is 3.91. The third kappa shape index (κ3) is 3.02. The van der Waals surface area contributed by atoms with E-state index in [0.29, 0.717) is 19.7 Å². The molecule has 8 heteroatoms. The number of nitrogens with zero attached hydrogens (tertiary/aromatic N) is 2. The molecule has 2 rings (SSSR count). The van der Waals surface area contributed by atoms with Gasteiger partial charge in [-0.2, -0.15) is 17.4 Å². The van der Waals surface area contributed by atoms with E-state index in [1.54, 1.807) is 13.3 Å². The molecule has 0 saturated carbocycles. The normalized spacial score (nSPS) is 24.9. The summed E-state index contributed by atoms with van der Waals surface area (Å²) < 4.78 is 32.8. The van der Waals surface area contributed by atoms with Crippen molar-refractivity contribution in [3.8, 4) is 0 Å². The molecule has 96 valence electrons. The summed E-state index contributed by atoms with van der Waals surface area (Å²) in [7, 11) is -1.84. The summed E-state index contributed by atoms with van der Waals surface area (Å²) in [6.45, 7) is 1.29. The fourth-order valence-electron chi connectivity index (χ4n) is 1.71. The standard InChI is InChI=1S/C9H15N3O3S2/c1-15-6-5-12-4-2-8(11-17(12,13)14)9-10-3-7-16-9/h3,7-8,11H,2,4-6H2,1H3/t8-/m0/s1. The lowest BCUT2D eigenvalue weighted by Gasteiger charge is -2.31. The Morgan fingerprint density at radius 2 is 2.53 bits per heavy atom. The molecule has 1 aromatic rings. The highest BCUT2D eigenvalue weighted by Gasteiger charge is 2.32. The van der Waals surface area contributed by atoms with Gasteiger partial charge in [-0.3, -0.25) is 0 Å². The van der Waals surface area contributed by atoms with Crippen molar-refractivity contribution in [3.05, 3.63) is 16.6 Å². The van der Waals surface area contributed by atoms with E-state index in [9.17, 15) is 8.42 Å². The highest BCUT2D eigenvalue weighted by atomic mass is 32.2. The molecular formula is C9H15N3O3S2. The van der Waals surface area contributed by atoms with Crippen molar-refractivity contribution in [3.63, 3.8) is 0 Å². The Kier molecular flexibility index (Phi) is 4.10. The zero-order valence-electron chi connectivity index (χ0n) is 9.50. The molecule has 0 spiro atoms. The topological polar surface area (TPSA) is 71.5 Å². The quantitative estimate of drug-likeness (QED) is 0.863. The van der Waals surface area contributed by atoms with Crippen molar-refractivity contribution in [2.45, 2.75) is 12.5 Å². The Hall–Kier alpha value is -0.540. The average Bonchev–Trinajstić information content (AvgIpc) is 2.80. The minimum absolute atomic E-state index is 0.196. The Morgan fingerprint density at radius 3 is 3.12 bits per heavy atom. The van der Waals surface area contributed by atoms with Gasteiger partial charge >= 0.3 is 0 Å². The SMILES string of the molecule is COCCN1CC[C@@H](c2nccs2)NS1(=O)=O. The van der Waals surface area contributed by atoms with Crippen LogP contribution >= 0.6 is 11.3 Å². The molecule has 1 aliphatic heterocycles. The predicted molar refractivity (Wildman–Crippen MR) is 65.0 cm³/mol. The maximum atomic E-state index is 11.9. The second-order valence-electron chi connectivity index (χ2n) is 3.73. The number of hydrogen-bond donors (Lipinski definition) is 1. The molecule has 0 radical (unpaired) electrons. The van der Waals surface area contributed by atoms with Gasteiger partial charge in [-0.25, -0.2) is 4.98 Å². The Morgan fingerprint density at radius 1 is 1.71 bits per heavy atom. The third-order valence-corrected chi connectivity index (χ3v) is 5.11. The number of rotatable bonds is 4. The van der Waals surface area contributed by atoms with Crippen LogP contribution in [0.1, 0.15) is 17.5 Å². The van der Waals surface area contributed by atoms with Crippen molar-refractivity contribution in [2.75, 3.05) is 26.8 Å². The van der Waals surface area contributed by atoms with Crippen LogP contribution in [0, 0.1) is 0 Å². The summed E-state index contributed by atoms with van der Waals surface area (Å²) in [5.41, 5.74) is 0. The Bertz CT molecular complexity index is 446. The van der Waals surface area contributed by atoms with Crippen LogP contribution in [-0.2, 0) is 14.9 Å². The first kappa shape index (κ1) is 12.9. The van der Waals surface area contributed by atoms with Crippen LogP contribution in [0.15, 0.2) is 11.6 Å². The highest BCUT2D eigenvalue weighted by Crippen LogP contribution is 2.25. The summed E-state index contributed by atoms with van der Waals surface area (Å²) in [4.78, 5) is 4.14. The second-order valence-corrected chi connectivity index (χ2v) is 6.35. The van der Waals surface area contributed by atoms with Gasteiger partial charge in [0.15, 0.2) is 0 Å². The summed E-state index contributed by atoms with van der Waals surface area (Å²) in [6.07, 6.45) is 2.42. The lowest BCUT2D eigenvalue weighted by atomic mass is 10.2. The maximum Gasteiger partial charge on any atom is 0.280 e. The van der Waals surface area contributed by atoms with Crippen molar-refractivity contribution in [2.24, 2.45) is 0 Å². The molecule has 0 aromatic carbocycles. The minimum Gasteiger partial charge on any atom is -0.383 e. The summed E-state index contributed by atoms with van der Waals surface area (Å²) >= 11 is 1.47. The number of hydrogen-bond acceptors (Lipinski definition) is 5. The van der Waals surface area contributed by atoms with Gasteiger partial charge in [0.2, 0.25) is 0 Å². The van der Waals surface area contributed by atoms with Gasteiger partial charge in [0.05, 0.1) is 12.6 Å². The van der Waals surface area contributed by atoms with Gasteiger partial charge in [0.25, 0.3) is 10.2 Å². The van der Waals surface area contributed by atoms with Crippen molar-refractivity contribution < 1.29 is 13.2 Å². The molecule has 0 unspecified atom stereocenters. The smallest absolute Gasteiger partial charge is 0.280 e. The lowest BCUT2D eigenvalue weighted by Crippen LogP contribution is -2.49. The largest absolute Gasteiger partial charge is 0.383 e. The van der Waals surface area contributed by atoms with Crippen LogP contribution in [0.3, 0.4) is 0 Å². The Labute approximate surface area is 105 Å². The molecule has 1 fully saturated rings. The first-order valence-electron chi connectivity index (χ1n) is 5.29. The van der Waals surface area contributed by atoms with Gasteiger partial charge in [-0.05, 0) is 6.42 Å². The fraction of sp³-hybridized carbons (Fsp3) is 0.667. The molecule has 1 N–H and O–H groups in total. The van der Waals surface area contributed by atoms with Crippen LogP contribution in [-0.4, -0.2) is 44.5 Å². The average molecular weight is 277 g/mol. The van der Waals surface area contributed by atoms with Gasteiger partial charge in [-0.15, -0.1) is 11.3 Å². The first-order chi connectivity index (χ1) is 8.13. The molecule has 17 heavy (non-hydrogen) atoms. The van der Waals surface area contributed by atoms with E-state index in [0.717, 1.165) is 11.4 Å². The van der Waals surface area contributed by atoms with E-state index < -0.39 is 10.2 Å². The Balaban J connectivity index is 2.04. The molecular weight excluding hydrogens is 262 g/mol. The van der Waals surface area contributed by atoms with Gasteiger partial charge < -0.3 is 4.74 Å². The zero-order chi connectivity index (χ0) is 12.3. The molecule has 2 heterocycles. The molecule has 1 saturated heterocycles. The third-order valence-electron chi connectivity index (χ3n) is 2.59.